The topological polar surface area (TPSA) is 0 Å². The van der Waals surface area contributed by atoms with Gasteiger partial charge in [0.1, 0.15) is 0 Å². The third-order valence-electron chi connectivity index (χ3n) is 1.93. The highest BCUT2D eigenvalue weighted by molar-refractivity contribution is 5.42. The molecule has 0 heteroatoms. The van der Waals surface area contributed by atoms with Crippen LogP contribution in [0.5, 0.6) is 0 Å². The summed E-state index contributed by atoms with van der Waals surface area (Å²) in [4.78, 5) is 0. The number of rotatable bonds is 3. The fourth-order valence-electron chi connectivity index (χ4n) is 1.37. The molecule has 0 bridgehead atoms. The normalized spacial score (nSPS) is 17.8. The van der Waals surface area contributed by atoms with Gasteiger partial charge in [-0.3, -0.25) is 0 Å². The fraction of sp³-hybridized carbons (Fsp3) is 0.273. The van der Waals surface area contributed by atoms with Crippen LogP contribution in [0.1, 0.15) is 19.3 Å². The average Bonchev–Trinajstić information content (AvgIpc) is 2.52. The van der Waals surface area contributed by atoms with E-state index in [1.807, 2.05) is 18.2 Å². The molecule has 11 heavy (non-hydrogen) atoms. The maximum atomic E-state index is 3.77. The molecule has 0 nitrogen and oxygen atoms in total. The minimum atomic E-state index is 1.20. The molecule has 0 aromatic rings. The van der Waals surface area contributed by atoms with Crippen molar-refractivity contribution < 1.29 is 0 Å². The summed E-state index contributed by atoms with van der Waals surface area (Å²) in [6.07, 6.45) is 11.7. The van der Waals surface area contributed by atoms with E-state index in [9.17, 15) is 0 Å². The van der Waals surface area contributed by atoms with E-state index in [1.165, 1.54) is 30.4 Å². The molecule has 0 N–H and O–H groups in total. The van der Waals surface area contributed by atoms with E-state index in [0.717, 1.165) is 0 Å². The van der Waals surface area contributed by atoms with Crippen LogP contribution in [0.2, 0.25) is 0 Å². The lowest BCUT2D eigenvalue weighted by atomic mass is 10.1. The lowest BCUT2D eigenvalue weighted by Crippen LogP contribution is -1.80. The second kappa shape index (κ2) is 3.97. The van der Waals surface area contributed by atoms with Gasteiger partial charge >= 0.3 is 0 Å². The average molecular weight is 146 g/mol. The van der Waals surface area contributed by atoms with Gasteiger partial charge in [0.2, 0.25) is 0 Å². The van der Waals surface area contributed by atoms with E-state index < -0.39 is 0 Å². The highest BCUT2D eigenvalue weighted by Crippen LogP contribution is 2.24. The summed E-state index contributed by atoms with van der Waals surface area (Å²) < 4.78 is 0. The van der Waals surface area contributed by atoms with Gasteiger partial charge in [-0.2, -0.15) is 0 Å². The largest absolute Gasteiger partial charge is 0.0990 e. The summed E-state index contributed by atoms with van der Waals surface area (Å²) in [7, 11) is 0. The van der Waals surface area contributed by atoms with Crippen LogP contribution in [0.25, 0.3) is 0 Å². The molecule has 0 unspecified atom stereocenters. The van der Waals surface area contributed by atoms with Crippen molar-refractivity contribution in [2.45, 2.75) is 19.3 Å². The van der Waals surface area contributed by atoms with Gasteiger partial charge in [-0.15, -0.1) is 0 Å². The number of hydrogen-bond donors (Lipinski definition) is 0. The standard InChI is InChI=1S/C11H14/c1-3-7-10(4-2)11-8-5-6-9-11/h3-4,7-8H,1-2,5-6,9H2/b10-7+. The van der Waals surface area contributed by atoms with Crippen LogP contribution >= 0.6 is 0 Å². The Morgan fingerprint density at radius 1 is 1.45 bits per heavy atom. The first-order valence-electron chi connectivity index (χ1n) is 4.03. The van der Waals surface area contributed by atoms with Crippen molar-refractivity contribution in [1.29, 1.82) is 0 Å². The smallest absolute Gasteiger partial charge is 0.0234 e. The molecule has 1 aliphatic rings. The molecule has 0 aliphatic heterocycles. The quantitative estimate of drug-likeness (QED) is 0.535. The number of allylic oxidation sites excluding steroid dienone is 6. The Morgan fingerprint density at radius 2 is 2.27 bits per heavy atom. The van der Waals surface area contributed by atoms with Crippen molar-refractivity contribution in [2.24, 2.45) is 0 Å². The molecule has 58 valence electrons. The molecule has 0 radical (unpaired) electrons. The van der Waals surface area contributed by atoms with Gasteiger partial charge in [0.25, 0.3) is 0 Å². The summed E-state index contributed by atoms with van der Waals surface area (Å²) in [5, 5.41) is 0. The first-order valence-corrected chi connectivity index (χ1v) is 4.03. The Hall–Kier alpha value is -1.04. The highest BCUT2D eigenvalue weighted by atomic mass is 14.1. The maximum Gasteiger partial charge on any atom is -0.0234 e. The van der Waals surface area contributed by atoms with E-state index in [-0.39, 0.29) is 0 Å². The Labute approximate surface area is 68.6 Å². The van der Waals surface area contributed by atoms with Crippen LogP contribution in [0.3, 0.4) is 0 Å². The second-order valence-corrected chi connectivity index (χ2v) is 2.68. The molecule has 1 rings (SSSR count). The molecule has 0 saturated carbocycles. The van der Waals surface area contributed by atoms with Gasteiger partial charge in [0.15, 0.2) is 0 Å². The molecule has 1 aliphatic carbocycles. The zero-order valence-electron chi connectivity index (χ0n) is 6.84. The zero-order valence-corrected chi connectivity index (χ0v) is 6.84. The van der Waals surface area contributed by atoms with Crippen molar-refractivity contribution in [2.75, 3.05) is 0 Å². The Kier molecular flexibility index (Phi) is 2.91. The molecule has 0 aromatic carbocycles. The van der Waals surface area contributed by atoms with E-state index in [4.69, 9.17) is 0 Å². The molecule has 0 atom stereocenters. The Bertz CT molecular complexity index is 216. The predicted molar refractivity (Wildman–Crippen MR) is 50.4 cm³/mol. The molecule has 0 spiro atoms. The van der Waals surface area contributed by atoms with Crippen LogP contribution in [0.15, 0.2) is 48.6 Å². The van der Waals surface area contributed by atoms with Crippen LogP contribution in [0, 0.1) is 0 Å². The molecule has 0 amide bonds. The lowest BCUT2D eigenvalue weighted by Gasteiger charge is -1.99. The third kappa shape index (κ3) is 1.94. The summed E-state index contributed by atoms with van der Waals surface area (Å²) >= 11 is 0. The van der Waals surface area contributed by atoms with Crippen LogP contribution in [0.4, 0.5) is 0 Å². The molecule has 0 aromatic heterocycles. The summed E-state index contributed by atoms with van der Waals surface area (Å²) in [5.74, 6) is 0. The zero-order chi connectivity index (χ0) is 8.10. The SMILES string of the molecule is C=C/C=C(\C=C)C1=CCCC1. The van der Waals surface area contributed by atoms with E-state index in [2.05, 4.69) is 19.2 Å². The van der Waals surface area contributed by atoms with Gasteiger partial charge in [-0.1, -0.05) is 37.5 Å². The third-order valence-corrected chi connectivity index (χ3v) is 1.93. The van der Waals surface area contributed by atoms with Gasteiger partial charge in [0.05, 0.1) is 0 Å². The predicted octanol–water partition coefficient (Wildman–Crippen LogP) is 3.40. The van der Waals surface area contributed by atoms with Gasteiger partial charge in [-0.05, 0) is 30.4 Å². The first-order chi connectivity index (χ1) is 5.38. The molecular formula is C11H14. The molecule has 0 fully saturated rings. The van der Waals surface area contributed by atoms with E-state index >= 15 is 0 Å². The summed E-state index contributed by atoms with van der Waals surface area (Å²) in [6.45, 7) is 7.44. The fourth-order valence-corrected chi connectivity index (χ4v) is 1.37. The monoisotopic (exact) mass is 146 g/mol. The maximum absolute atomic E-state index is 3.77. The van der Waals surface area contributed by atoms with Crippen LogP contribution < -0.4 is 0 Å². The van der Waals surface area contributed by atoms with Crippen LogP contribution in [-0.4, -0.2) is 0 Å². The lowest BCUT2D eigenvalue weighted by molar-refractivity contribution is 0.912. The second-order valence-electron chi connectivity index (χ2n) is 2.68. The first kappa shape index (κ1) is 8.06. The van der Waals surface area contributed by atoms with Gasteiger partial charge < -0.3 is 0 Å². The molecule has 0 saturated heterocycles. The highest BCUT2D eigenvalue weighted by Gasteiger charge is 2.05. The summed E-state index contributed by atoms with van der Waals surface area (Å²) in [5.41, 5.74) is 2.66. The van der Waals surface area contributed by atoms with Crippen molar-refractivity contribution in [3.63, 3.8) is 0 Å². The summed E-state index contributed by atoms with van der Waals surface area (Å²) in [6, 6.07) is 0. The van der Waals surface area contributed by atoms with Gasteiger partial charge in [-0.25, -0.2) is 0 Å². The van der Waals surface area contributed by atoms with Crippen molar-refractivity contribution in [1.82, 2.24) is 0 Å². The molecule has 0 heterocycles. The Morgan fingerprint density at radius 3 is 2.73 bits per heavy atom. The molecular weight excluding hydrogens is 132 g/mol. The minimum Gasteiger partial charge on any atom is -0.0990 e. The van der Waals surface area contributed by atoms with Crippen molar-refractivity contribution in [3.8, 4) is 0 Å². The van der Waals surface area contributed by atoms with Crippen molar-refractivity contribution in [3.05, 3.63) is 48.6 Å². The number of hydrogen-bond acceptors (Lipinski definition) is 0. The van der Waals surface area contributed by atoms with E-state index in [1.54, 1.807) is 0 Å². The van der Waals surface area contributed by atoms with E-state index in [0.29, 0.717) is 0 Å². The Balaban J connectivity index is 2.76. The minimum absolute atomic E-state index is 1.20. The van der Waals surface area contributed by atoms with Crippen molar-refractivity contribution >= 4 is 0 Å². The van der Waals surface area contributed by atoms with Gasteiger partial charge in [0, 0.05) is 0 Å². The van der Waals surface area contributed by atoms with Crippen LogP contribution in [-0.2, 0) is 0 Å².